The van der Waals surface area contributed by atoms with E-state index >= 15 is 0 Å². The van der Waals surface area contributed by atoms with Gasteiger partial charge in [-0.25, -0.2) is 17.6 Å². The predicted octanol–water partition coefficient (Wildman–Crippen LogP) is 1.20. The molecule has 0 aliphatic carbocycles. The molecular weight excluding hydrogens is 286 g/mol. The molecule has 1 rings (SSSR count). The number of hydrogen-bond donors (Lipinski definition) is 0. The Kier molecular flexibility index (Phi) is 4.64. The van der Waals surface area contributed by atoms with E-state index in [1.165, 1.54) is 6.07 Å². The third kappa shape index (κ3) is 2.23. The maximum absolute atomic E-state index is 13.8. The fourth-order valence-electron chi connectivity index (χ4n) is 1.58. The van der Waals surface area contributed by atoms with E-state index in [1.54, 1.807) is 0 Å². The zero-order valence-corrected chi connectivity index (χ0v) is 11.2. The summed E-state index contributed by atoms with van der Waals surface area (Å²) in [4.78, 5) is 0. The monoisotopic (exact) mass is 295 g/mol. The van der Waals surface area contributed by atoms with Gasteiger partial charge in [-0.2, -0.15) is 5.26 Å². The Morgan fingerprint density at radius 2 is 1.26 bits per heavy atom. The summed E-state index contributed by atoms with van der Waals surface area (Å²) in [5.41, 5.74) is -1.05. The van der Waals surface area contributed by atoms with Crippen LogP contribution >= 0.6 is 0 Å². The van der Waals surface area contributed by atoms with Gasteiger partial charge in [0.15, 0.2) is 23.3 Å². The molecule has 0 amide bonds. The van der Waals surface area contributed by atoms with Gasteiger partial charge in [-0.3, -0.25) is 0 Å². The van der Waals surface area contributed by atoms with E-state index in [9.17, 15) is 17.6 Å². The largest absolute Gasteiger partial charge is 0.541 e. The molecule has 0 aromatic heterocycles. The molecule has 0 N–H and O–H groups in total. The van der Waals surface area contributed by atoms with Crippen LogP contribution in [0.3, 0.4) is 0 Å². The van der Waals surface area contributed by atoms with Crippen LogP contribution < -0.4 is 5.19 Å². The summed E-state index contributed by atoms with van der Waals surface area (Å²) in [6.07, 6.45) is 0. The second-order valence-electron chi connectivity index (χ2n) is 3.29. The molecule has 0 spiro atoms. The molecule has 0 bridgehead atoms. The quantitative estimate of drug-likeness (QED) is 0.362. The summed E-state index contributed by atoms with van der Waals surface area (Å²) < 4.78 is 68.2. The maximum atomic E-state index is 13.8. The number of halogens is 4. The highest BCUT2D eigenvalue weighted by Crippen LogP contribution is 2.21. The van der Waals surface area contributed by atoms with E-state index in [0.717, 1.165) is 21.3 Å². The van der Waals surface area contributed by atoms with Gasteiger partial charge in [0.2, 0.25) is 0 Å². The average Bonchev–Trinajstić information content (AvgIpc) is 2.44. The molecule has 0 fully saturated rings. The Morgan fingerprint density at radius 1 is 0.842 bits per heavy atom. The first-order chi connectivity index (χ1) is 8.90. The minimum atomic E-state index is -4.03. The van der Waals surface area contributed by atoms with Crippen molar-refractivity contribution in [2.75, 3.05) is 21.3 Å². The van der Waals surface area contributed by atoms with Crippen LogP contribution in [0.2, 0.25) is 0 Å². The molecule has 0 unspecified atom stereocenters. The third-order valence-corrected chi connectivity index (χ3v) is 5.19. The van der Waals surface area contributed by atoms with Crippen LogP contribution in [0, 0.1) is 34.6 Å². The summed E-state index contributed by atoms with van der Waals surface area (Å²) in [7, 11) is -0.870. The van der Waals surface area contributed by atoms with E-state index in [-0.39, 0.29) is 0 Å². The van der Waals surface area contributed by atoms with E-state index in [4.69, 9.17) is 18.5 Å². The van der Waals surface area contributed by atoms with Crippen molar-refractivity contribution in [3.05, 3.63) is 28.8 Å². The Bertz CT molecular complexity index is 535. The smallest absolute Gasteiger partial charge is 0.373 e. The molecule has 4 nitrogen and oxygen atoms in total. The number of rotatable bonds is 4. The highest BCUT2D eigenvalue weighted by atomic mass is 28.4. The van der Waals surface area contributed by atoms with Crippen LogP contribution in [0.1, 0.15) is 5.56 Å². The van der Waals surface area contributed by atoms with Crippen LogP contribution in [-0.4, -0.2) is 30.1 Å². The van der Waals surface area contributed by atoms with Crippen LogP contribution in [0.5, 0.6) is 0 Å². The zero-order valence-electron chi connectivity index (χ0n) is 10.2. The molecule has 0 atom stereocenters. The predicted molar refractivity (Wildman–Crippen MR) is 57.4 cm³/mol. The van der Waals surface area contributed by atoms with Crippen molar-refractivity contribution < 1.29 is 30.8 Å². The number of nitriles is 1. The Hall–Kier alpha value is -1.47. The number of nitrogens with zero attached hydrogens (tertiary/aromatic N) is 1. The molecule has 0 aliphatic rings. The van der Waals surface area contributed by atoms with Gasteiger partial charge in [0.1, 0.15) is 11.6 Å². The van der Waals surface area contributed by atoms with Gasteiger partial charge in [-0.1, -0.05) is 0 Å². The first-order valence-electron chi connectivity index (χ1n) is 4.82. The van der Waals surface area contributed by atoms with Crippen molar-refractivity contribution in [2.45, 2.75) is 0 Å². The standard InChI is InChI=1S/C10H9F4NO3Si/c1-16-19(17-2,18-3)10-5(4-15)6(11)7(12)8(13)9(10)14/h1-3H3. The lowest BCUT2D eigenvalue weighted by molar-refractivity contribution is 0.139. The summed E-state index contributed by atoms with van der Waals surface area (Å²) in [6, 6.07) is 1.25. The van der Waals surface area contributed by atoms with Crippen molar-refractivity contribution in [1.82, 2.24) is 0 Å². The third-order valence-electron chi connectivity index (χ3n) is 2.49. The lowest BCUT2D eigenvalue weighted by Gasteiger charge is -2.26. The molecule has 9 heteroatoms. The lowest BCUT2D eigenvalue weighted by atomic mass is 10.2. The Morgan fingerprint density at radius 3 is 1.63 bits per heavy atom. The Labute approximate surface area is 107 Å². The van der Waals surface area contributed by atoms with Gasteiger partial charge >= 0.3 is 8.80 Å². The fourth-order valence-corrected chi connectivity index (χ4v) is 3.54. The van der Waals surface area contributed by atoms with Gasteiger partial charge in [0.25, 0.3) is 0 Å². The van der Waals surface area contributed by atoms with Crippen molar-refractivity contribution >= 4 is 14.0 Å². The summed E-state index contributed by atoms with van der Waals surface area (Å²) in [5.74, 6) is -7.73. The first-order valence-corrected chi connectivity index (χ1v) is 6.54. The minimum Gasteiger partial charge on any atom is -0.373 e. The normalized spacial score (nSPS) is 11.5. The van der Waals surface area contributed by atoms with E-state index in [1.807, 2.05) is 0 Å². The van der Waals surface area contributed by atoms with Crippen molar-refractivity contribution in [3.8, 4) is 6.07 Å². The van der Waals surface area contributed by atoms with Crippen molar-refractivity contribution in [1.29, 1.82) is 5.26 Å². The molecule has 104 valence electrons. The van der Waals surface area contributed by atoms with Gasteiger partial charge in [-0.15, -0.1) is 0 Å². The minimum absolute atomic E-state index is 0.876. The van der Waals surface area contributed by atoms with Gasteiger partial charge in [0, 0.05) is 21.3 Å². The molecular formula is C10H9F4NO3Si. The molecule has 0 radical (unpaired) electrons. The van der Waals surface area contributed by atoms with E-state index in [0.29, 0.717) is 0 Å². The second-order valence-corrected chi connectivity index (χ2v) is 6.12. The highest BCUT2D eigenvalue weighted by molar-refractivity contribution is 6.76. The average molecular weight is 295 g/mol. The molecule has 0 saturated heterocycles. The zero-order chi connectivity index (χ0) is 14.8. The number of benzene rings is 1. The van der Waals surface area contributed by atoms with Crippen LogP contribution in [-0.2, 0) is 13.3 Å². The second kappa shape index (κ2) is 5.66. The molecule has 19 heavy (non-hydrogen) atoms. The summed E-state index contributed by atoms with van der Waals surface area (Å²) >= 11 is 0. The maximum Gasteiger partial charge on any atom is 0.541 e. The van der Waals surface area contributed by atoms with Crippen molar-refractivity contribution in [2.24, 2.45) is 0 Å². The molecule has 0 heterocycles. The van der Waals surface area contributed by atoms with Gasteiger partial charge in [0.05, 0.1) is 5.19 Å². The highest BCUT2D eigenvalue weighted by Gasteiger charge is 2.48. The number of hydrogen-bond acceptors (Lipinski definition) is 4. The SMILES string of the molecule is CO[Si](OC)(OC)c1c(F)c(F)c(F)c(F)c1C#N. The fraction of sp³-hybridized carbons (Fsp3) is 0.300. The van der Waals surface area contributed by atoms with Crippen LogP contribution in [0.25, 0.3) is 0 Å². The van der Waals surface area contributed by atoms with Crippen LogP contribution in [0.15, 0.2) is 0 Å². The molecule has 1 aromatic rings. The van der Waals surface area contributed by atoms with Gasteiger partial charge < -0.3 is 13.3 Å². The van der Waals surface area contributed by atoms with Gasteiger partial charge in [-0.05, 0) is 0 Å². The molecule has 1 aromatic carbocycles. The Balaban J connectivity index is 3.83. The van der Waals surface area contributed by atoms with Crippen LogP contribution in [0.4, 0.5) is 17.6 Å². The lowest BCUT2D eigenvalue weighted by Crippen LogP contribution is -2.58. The summed E-state index contributed by atoms with van der Waals surface area (Å²) in [6.45, 7) is 0. The van der Waals surface area contributed by atoms with E-state index in [2.05, 4.69) is 0 Å². The van der Waals surface area contributed by atoms with Crippen molar-refractivity contribution in [3.63, 3.8) is 0 Å². The first kappa shape index (κ1) is 15.6. The molecule has 0 aliphatic heterocycles. The molecule has 0 saturated carbocycles. The topological polar surface area (TPSA) is 51.5 Å². The summed E-state index contributed by atoms with van der Waals surface area (Å²) in [5, 5.41) is 7.92. The van der Waals surface area contributed by atoms with E-state index < -0.39 is 42.8 Å².